The Morgan fingerprint density at radius 1 is 0.557 bits per heavy atom. The number of carboxylic acid groups (broad SMARTS) is 4. The molecule has 2 saturated heterocycles. The van der Waals surface area contributed by atoms with Crippen LogP contribution < -0.4 is 86.7 Å². The minimum atomic E-state index is -5.08. The van der Waals surface area contributed by atoms with Gasteiger partial charge in [-0.15, -0.1) is 0 Å². The number of aliphatic carboxylic acids is 4. The Morgan fingerprint density at radius 2 is 1.04 bits per heavy atom. The Bertz CT molecular complexity index is 3670. The summed E-state index contributed by atoms with van der Waals surface area (Å²) in [6, 6.07) is -4.95. The summed E-state index contributed by atoms with van der Waals surface area (Å²) in [6.45, 7) is 1.89. The highest BCUT2D eigenvalue weighted by atomic mass is 19.4. The molecule has 49 heteroatoms. The molecular formula is C73H116F3N17O29. The van der Waals surface area contributed by atoms with Gasteiger partial charge in [-0.05, 0) is 102 Å². The monoisotopic (exact) mass is 1750 g/mol. The first kappa shape index (κ1) is 107. The predicted octanol–water partition coefficient (Wildman–Crippen LogP) is -8.87. The van der Waals surface area contributed by atoms with Crippen molar-refractivity contribution in [2.24, 2.45) is 34.8 Å². The van der Waals surface area contributed by atoms with Gasteiger partial charge in [0.05, 0.1) is 51.5 Å². The molecule has 46 nitrogen and oxygen atoms in total. The Balaban J connectivity index is 0.00000687. The lowest BCUT2D eigenvalue weighted by molar-refractivity contribution is -0.310. The van der Waals surface area contributed by atoms with Gasteiger partial charge in [0.1, 0.15) is 66.7 Å². The number of hydrogen-bond acceptors (Lipinski definition) is 28. The molecule has 29 N–H and O–H groups in total. The largest absolute Gasteiger partial charge is 0.490 e. The summed E-state index contributed by atoms with van der Waals surface area (Å²) in [4.78, 5) is 234. The molecule has 1 aromatic carbocycles. The predicted molar refractivity (Wildman–Crippen MR) is 414 cm³/mol. The second-order valence-corrected chi connectivity index (χ2v) is 28.9. The molecule has 18 atom stereocenters. The Kier molecular flexibility index (Phi) is 48.4. The molecule has 0 aromatic heterocycles. The van der Waals surface area contributed by atoms with Crippen LogP contribution in [0.5, 0.6) is 0 Å². The number of ether oxygens (including phenoxy) is 2. The van der Waals surface area contributed by atoms with Gasteiger partial charge in [-0.3, -0.25) is 76.7 Å². The number of unbranched alkanes of at least 4 members (excludes halogenated alkanes) is 1. The second-order valence-electron chi connectivity index (χ2n) is 28.9. The Labute approximate surface area is 697 Å². The molecule has 0 saturated carbocycles. The molecule has 2 heterocycles. The second kappa shape index (κ2) is 55.2. The smallest absolute Gasteiger partial charge is 0.481 e. The van der Waals surface area contributed by atoms with E-state index in [1.807, 2.05) is 19.2 Å². The van der Waals surface area contributed by atoms with E-state index in [-0.39, 0.29) is 82.6 Å². The number of carbonyl (C=O) groups is 18. The fraction of sp³-hybridized carbons (Fsp3) is 0.671. The van der Waals surface area contributed by atoms with Crippen molar-refractivity contribution in [3.63, 3.8) is 0 Å². The number of aliphatic hydroxyl groups excluding tert-OH is 5. The van der Waals surface area contributed by atoms with E-state index < -0.39 is 282 Å². The maximum atomic E-state index is 14.5. The summed E-state index contributed by atoms with van der Waals surface area (Å²) in [5.74, 6) is -21.1. The molecule has 0 spiro atoms. The lowest BCUT2D eigenvalue weighted by Gasteiger charge is -2.40. The van der Waals surface area contributed by atoms with E-state index in [9.17, 15) is 136 Å². The highest BCUT2D eigenvalue weighted by molar-refractivity contribution is 5.99. The van der Waals surface area contributed by atoms with Gasteiger partial charge >= 0.3 is 30.1 Å². The van der Waals surface area contributed by atoms with Crippen molar-refractivity contribution >= 4 is 107 Å². The van der Waals surface area contributed by atoms with Crippen LogP contribution in [0.4, 0.5) is 13.2 Å². The fourth-order valence-corrected chi connectivity index (χ4v) is 12.1. The number of primary amides is 1. The molecule has 688 valence electrons. The number of likely N-dealkylation sites (tertiary alicyclic amines) is 1. The molecule has 0 radical (unpaired) electrons. The van der Waals surface area contributed by atoms with Crippen LogP contribution in [0.1, 0.15) is 136 Å². The number of rotatable bonds is 54. The molecule has 122 heavy (non-hydrogen) atoms. The van der Waals surface area contributed by atoms with Crippen molar-refractivity contribution < 1.29 is 155 Å². The molecule has 1 aromatic rings. The number of carboxylic acids is 4. The third-order valence-electron chi connectivity index (χ3n) is 19.3. The quantitative estimate of drug-likeness (QED) is 0.0269. The van der Waals surface area contributed by atoms with E-state index in [1.165, 1.54) is 0 Å². The van der Waals surface area contributed by atoms with Gasteiger partial charge in [0.2, 0.25) is 82.7 Å². The van der Waals surface area contributed by atoms with Crippen molar-refractivity contribution in [3.05, 3.63) is 35.9 Å². The SMILES string of the molecule is CC[C@H](C)[C@@H](CC[C@@H](C)C(=O)NCC(=O)N[C@@H](Cc1ccccc1)C(=O)NC(CC[C@H](CN)O[C@@H]1O[C@H](CO)[C@H](O)[C@H](O)[C@H]1O)C(=O)NCC(=O)N[C@@H](CCC(=O)O)C(=O)N[C@@H](CCC(N)=O)C(=O)NCC(=O)N1CCC[C@H]1C(=O)N[C@@H](CCCCN)C(=O)NCC(=O)N[C@@H](CCC(=O)O)C(=O)N[C@H](C(=O)O)[C@@H](C)O)NC(=O)CN.O=C(O)C(F)(F)F. The number of nitrogens with one attached hydrogen (secondary N) is 12. The minimum Gasteiger partial charge on any atom is -0.481 e. The van der Waals surface area contributed by atoms with E-state index in [2.05, 4.69) is 58.5 Å². The summed E-state index contributed by atoms with van der Waals surface area (Å²) in [5.41, 5.74) is 23.1. The first-order chi connectivity index (χ1) is 57.3. The lowest BCUT2D eigenvalue weighted by Crippen LogP contribution is -2.60. The van der Waals surface area contributed by atoms with Gasteiger partial charge < -0.3 is 147 Å². The number of benzene rings is 1. The van der Waals surface area contributed by atoms with E-state index in [4.69, 9.17) is 42.3 Å². The molecule has 3 rings (SSSR count). The maximum Gasteiger partial charge on any atom is 0.490 e. The average Bonchev–Trinajstić information content (AvgIpc) is 1.06. The fourth-order valence-electron chi connectivity index (χ4n) is 12.1. The Morgan fingerprint density at radius 3 is 1.52 bits per heavy atom. The molecule has 2 aliphatic rings. The normalized spacial score (nSPS) is 19.1. The van der Waals surface area contributed by atoms with E-state index in [0.29, 0.717) is 24.8 Å². The van der Waals surface area contributed by atoms with E-state index in [0.717, 1.165) is 18.2 Å². The minimum absolute atomic E-state index is 0.0379. The highest BCUT2D eigenvalue weighted by Gasteiger charge is 2.46. The van der Waals surface area contributed by atoms with Crippen LogP contribution >= 0.6 is 0 Å². The molecule has 14 amide bonds. The van der Waals surface area contributed by atoms with Crippen LogP contribution in [-0.2, 0) is 102 Å². The van der Waals surface area contributed by atoms with Crippen LogP contribution in [0.25, 0.3) is 0 Å². The maximum absolute atomic E-state index is 14.5. The summed E-state index contributed by atoms with van der Waals surface area (Å²) >= 11 is 0. The molecule has 2 aliphatic heterocycles. The van der Waals surface area contributed by atoms with Crippen molar-refractivity contribution in [1.82, 2.24) is 68.7 Å². The number of halogens is 3. The van der Waals surface area contributed by atoms with Gasteiger partial charge in [-0.1, -0.05) is 57.5 Å². The first-order valence-electron chi connectivity index (χ1n) is 39.1. The zero-order valence-electron chi connectivity index (χ0n) is 67.7. The summed E-state index contributed by atoms with van der Waals surface area (Å²) < 4.78 is 43.0. The lowest BCUT2D eigenvalue weighted by atomic mass is 9.91. The van der Waals surface area contributed by atoms with Gasteiger partial charge in [0, 0.05) is 50.7 Å². The molecule has 0 aliphatic carbocycles. The molecule has 1 unspecified atom stereocenters. The zero-order chi connectivity index (χ0) is 92.3. The van der Waals surface area contributed by atoms with Crippen LogP contribution in [0.3, 0.4) is 0 Å². The Hall–Kier alpha value is -10.9. The van der Waals surface area contributed by atoms with Crippen molar-refractivity contribution in [2.45, 2.75) is 240 Å². The zero-order valence-corrected chi connectivity index (χ0v) is 67.7. The van der Waals surface area contributed by atoms with Crippen molar-refractivity contribution in [1.29, 1.82) is 0 Å². The summed E-state index contributed by atoms with van der Waals surface area (Å²) in [6.07, 6.45) is -19.0. The van der Waals surface area contributed by atoms with Gasteiger partial charge in [0.15, 0.2) is 12.3 Å². The average molecular weight is 1750 g/mol. The van der Waals surface area contributed by atoms with Gasteiger partial charge in [-0.2, -0.15) is 13.2 Å². The van der Waals surface area contributed by atoms with E-state index >= 15 is 0 Å². The van der Waals surface area contributed by atoms with Gasteiger partial charge in [-0.25, -0.2) is 9.59 Å². The standard InChI is InChI=1S/C71H115N17O27.C2HF3O2/c1-5-36(2)41(80-51(92)30-74)18-16-37(3)62(104)76-31-54(95)83-47(28-39-12-7-6-8-13-39)68(110)85-43(19-17-40(29-73)114-71-61(103)60(102)59(101)49(35-89)115-71)64(106)78-33-52(93)81-45(21-24-56(97)98)66(108)84-44(20-23-50(75)91)65(107)79-34-55(96)88-27-11-15-48(88)69(111)86-42(14-9-10-26-72)63(105)77-32-53(94)82-46(22-25-57(99)100)67(109)87-58(38(4)90)70(112)113;3-2(4,5)1(6)7/h6-8,12-13,36-38,40-49,58-61,71,89-90,101-103H,5,9-11,14-35,72-74H2,1-4H3,(H2,75,91)(H,76,104)(H,77,105)(H,78,106)(H,79,107)(H,80,92)(H,81,93)(H,82,94)(H,83,95)(H,84,108)(H,85,110)(H,86,111)(H,87,109)(H,97,98)(H,99,100)(H,112,113);(H,6,7)/t36-,37+,38+,40+,41+,42-,43?,44-,45-,46-,47-,48-,49+,58-,59-,60-,61+,71+;/m0./s1. The number of amides is 14. The van der Waals surface area contributed by atoms with Crippen molar-refractivity contribution in [3.8, 4) is 0 Å². The van der Waals surface area contributed by atoms with Crippen LogP contribution in [-0.4, -0.2) is 320 Å². The van der Waals surface area contributed by atoms with Crippen molar-refractivity contribution in [2.75, 3.05) is 59.0 Å². The number of nitrogens with two attached hydrogens (primary N) is 4. The number of alkyl halides is 3. The number of hydrogen-bond donors (Lipinski definition) is 25. The molecular weight excluding hydrogens is 1640 g/mol. The third-order valence-corrected chi connectivity index (χ3v) is 19.3. The topological polar surface area (TPSA) is 759 Å². The summed E-state index contributed by atoms with van der Waals surface area (Å²) in [7, 11) is 0. The van der Waals surface area contributed by atoms with E-state index in [1.54, 1.807) is 37.3 Å². The number of nitrogens with zero attached hydrogens (tertiary/aromatic N) is 1. The van der Waals surface area contributed by atoms with Crippen LogP contribution in [0, 0.1) is 11.8 Å². The van der Waals surface area contributed by atoms with Crippen LogP contribution in [0.2, 0.25) is 0 Å². The number of carbonyl (C=O) groups excluding carboxylic acids is 14. The first-order valence-corrected chi connectivity index (χ1v) is 39.1. The molecule has 0 bridgehead atoms. The van der Waals surface area contributed by atoms with Crippen LogP contribution in [0.15, 0.2) is 30.3 Å². The summed E-state index contributed by atoms with van der Waals surface area (Å²) in [5, 5.41) is 115. The number of aliphatic hydroxyl groups is 5. The van der Waals surface area contributed by atoms with Gasteiger partial charge in [0.25, 0.3) is 0 Å². The molecule has 2 fully saturated rings. The third kappa shape index (κ3) is 39.7. The highest BCUT2D eigenvalue weighted by Crippen LogP contribution is 2.25.